The second-order valence-electron chi connectivity index (χ2n) is 12.0. The van der Waals surface area contributed by atoms with Gasteiger partial charge in [0.25, 0.3) is 0 Å². The molecule has 3 aromatic rings. The average molecular weight is 619 g/mol. The topological polar surface area (TPSA) is 85.3 Å². The Labute approximate surface area is 255 Å². The number of piperazine rings is 1. The summed E-state index contributed by atoms with van der Waals surface area (Å²) < 4.78 is 57.2. The molecule has 2 heterocycles. The van der Waals surface area contributed by atoms with Crippen LogP contribution in [0, 0.1) is 6.92 Å². The zero-order valence-corrected chi connectivity index (χ0v) is 26.3. The summed E-state index contributed by atoms with van der Waals surface area (Å²) in [6.07, 6.45) is -3.96. The first-order valence-electron chi connectivity index (χ1n) is 14.5. The van der Waals surface area contributed by atoms with Gasteiger partial charge in [0.05, 0.1) is 31.7 Å². The molecule has 0 spiro atoms. The van der Waals surface area contributed by atoms with Crippen LogP contribution in [0.1, 0.15) is 60.3 Å². The largest absolute Gasteiger partial charge is 0.496 e. The Bertz CT molecular complexity index is 1510. The second kappa shape index (κ2) is 13.1. The minimum atomic E-state index is -4.25. The lowest BCUT2D eigenvalue weighted by Crippen LogP contribution is -2.48. The molecule has 0 radical (unpaired) electrons. The third-order valence-corrected chi connectivity index (χ3v) is 7.79. The van der Waals surface area contributed by atoms with Crippen molar-refractivity contribution in [3.05, 3.63) is 58.8 Å². The number of anilines is 1. The fraction of sp³-hybridized carbons (Fsp3) is 0.500. The van der Waals surface area contributed by atoms with Crippen LogP contribution in [-0.2, 0) is 16.0 Å². The Hall–Kier alpha value is -3.77. The third-order valence-electron chi connectivity index (χ3n) is 7.79. The number of hydrogen-bond acceptors (Lipinski definition) is 8. The van der Waals surface area contributed by atoms with E-state index in [-0.39, 0.29) is 12.6 Å². The molecule has 1 N–H and O–H groups in total. The fourth-order valence-corrected chi connectivity index (χ4v) is 5.71. The van der Waals surface area contributed by atoms with Crippen LogP contribution < -0.4 is 10.1 Å². The van der Waals surface area contributed by atoms with Crippen molar-refractivity contribution >= 4 is 28.7 Å². The van der Waals surface area contributed by atoms with Crippen LogP contribution in [0.15, 0.2) is 36.5 Å². The number of halogens is 3. The lowest BCUT2D eigenvalue weighted by molar-refractivity contribution is -0.139. The summed E-state index contributed by atoms with van der Waals surface area (Å²) in [4.78, 5) is 29.4. The summed E-state index contributed by atoms with van der Waals surface area (Å²) in [6.45, 7) is 8.92. The standard InChI is InChI=1S/C32H41F3N4O5/c1-20-16-27(42-6)24(22-10-12-39(28(20)22)30(41)44-31(2,3)4)18-38-15-14-37(13-11-32(33,34)35)19-26(38)21-8-9-23(29(40)43-7)25(17-21)36-5/h8-10,12,16-17,26,36H,11,13-15,18-19H2,1-7H3. The number of nitrogens with zero attached hydrogens (tertiary/aromatic N) is 3. The molecule has 0 saturated carbocycles. The monoisotopic (exact) mass is 618 g/mol. The fourth-order valence-electron chi connectivity index (χ4n) is 5.71. The van der Waals surface area contributed by atoms with Gasteiger partial charge in [-0.25, -0.2) is 9.59 Å². The molecule has 1 atom stereocenters. The number of aryl methyl sites for hydroxylation is 1. The van der Waals surface area contributed by atoms with Crippen LogP contribution in [0.2, 0.25) is 0 Å². The van der Waals surface area contributed by atoms with E-state index in [1.165, 1.54) is 11.7 Å². The van der Waals surface area contributed by atoms with E-state index in [2.05, 4.69) is 10.2 Å². The van der Waals surface area contributed by atoms with Crippen molar-refractivity contribution in [3.63, 3.8) is 0 Å². The van der Waals surface area contributed by atoms with Crippen LogP contribution in [0.5, 0.6) is 5.75 Å². The first-order valence-corrected chi connectivity index (χ1v) is 14.5. The second-order valence-corrected chi connectivity index (χ2v) is 12.0. The van der Waals surface area contributed by atoms with Crippen LogP contribution in [-0.4, -0.2) is 85.7 Å². The molecule has 1 saturated heterocycles. The smallest absolute Gasteiger partial charge is 0.419 e. The first-order chi connectivity index (χ1) is 20.7. The Kier molecular flexibility index (Phi) is 9.84. The number of fused-ring (bicyclic) bond motifs is 1. The van der Waals surface area contributed by atoms with Crippen molar-refractivity contribution in [2.24, 2.45) is 0 Å². The van der Waals surface area contributed by atoms with Gasteiger partial charge < -0.3 is 19.5 Å². The maximum Gasteiger partial charge on any atom is 0.419 e. The van der Waals surface area contributed by atoms with Gasteiger partial charge in [0.1, 0.15) is 11.4 Å². The van der Waals surface area contributed by atoms with Crippen molar-refractivity contribution in [2.45, 2.75) is 58.5 Å². The van der Waals surface area contributed by atoms with E-state index in [4.69, 9.17) is 14.2 Å². The molecule has 1 aliphatic rings. The highest BCUT2D eigenvalue weighted by atomic mass is 19.4. The highest BCUT2D eigenvalue weighted by Crippen LogP contribution is 2.37. The molecule has 44 heavy (non-hydrogen) atoms. The highest BCUT2D eigenvalue weighted by Gasteiger charge is 2.34. The van der Waals surface area contributed by atoms with Gasteiger partial charge in [-0.05, 0) is 63.1 Å². The van der Waals surface area contributed by atoms with Gasteiger partial charge in [-0.2, -0.15) is 13.2 Å². The Morgan fingerprint density at radius 3 is 2.41 bits per heavy atom. The molecule has 0 amide bonds. The summed E-state index contributed by atoms with van der Waals surface area (Å²) in [5, 5.41) is 3.86. The number of methoxy groups -OCH3 is 2. The molecule has 1 unspecified atom stereocenters. The maximum absolute atomic E-state index is 13.1. The molecule has 12 heteroatoms. The molecule has 0 aliphatic carbocycles. The molecule has 4 rings (SSSR count). The zero-order chi connectivity index (χ0) is 32.4. The van der Waals surface area contributed by atoms with Crippen LogP contribution in [0.3, 0.4) is 0 Å². The van der Waals surface area contributed by atoms with Gasteiger partial charge in [-0.1, -0.05) is 6.07 Å². The molecule has 1 aliphatic heterocycles. The molecule has 9 nitrogen and oxygen atoms in total. The van der Waals surface area contributed by atoms with Gasteiger partial charge in [-0.3, -0.25) is 14.4 Å². The molecular formula is C32H41F3N4O5. The van der Waals surface area contributed by atoms with Gasteiger partial charge in [0.15, 0.2) is 0 Å². The summed E-state index contributed by atoms with van der Waals surface area (Å²) in [5.41, 5.74) is 3.48. The van der Waals surface area contributed by atoms with Crippen LogP contribution >= 0.6 is 0 Å². The lowest BCUT2D eigenvalue weighted by Gasteiger charge is -2.42. The van der Waals surface area contributed by atoms with E-state index in [1.807, 2.05) is 56.9 Å². The number of rotatable bonds is 8. The van der Waals surface area contributed by atoms with E-state index >= 15 is 0 Å². The van der Waals surface area contributed by atoms with Crippen molar-refractivity contribution < 1.29 is 37.0 Å². The van der Waals surface area contributed by atoms with Gasteiger partial charge in [0.2, 0.25) is 0 Å². The van der Waals surface area contributed by atoms with E-state index in [1.54, 1.807) is 26.4 Å². The summed E-state index contributed by atoms with van der Waals surface area (Å²) in [6, 6.07) is 8.79. The number of benzene rings is 2. The SMILES string of the molecule is CNc1cc(C2CN(CCC(F)(F)F)CCN2Cc2c(OC)cc(C)c3c2ccn3C(=O)OC(C)(C)C)ccc1C(=O)OC. The van der Waals surface area contributed by atoms with Crippen molar-refractivity contribution in [3.8, 4) is 5.75 Å². The average Bonchev–Trinajstić information content (AvgIpc) is 3.42. The molecule has 2 aromatic carbocycles. The van der Waals surface area contributed by atoms with Crippen molar-refractivity contribution in [2.75, 3.05) is 52.8 Å². The minimum Gasteiger partial charge on any atom is -0.496 e. The van der Waals surface area contributed by atoms with E-state index in [9.17, 15) is 22.8 Å². The molecular weight excluding hydrogens is 577 g/mol. The van der Waals surface area contributed by atoms with Crippen LogP contribution in [0.4, 0.5) is 23.7 Å². The van der Waals surface area contributed by atoms with Crippen molar-refractivity contribution in [1.29, 1.82) is 0 Å². The van der Waals surface area contributed by atoms with E-state index in [0.717, 1.165) is 22.1 Å². The minimum absolute atomic E-state index is 0.107. The Balaban J connectivity index is 1.75. The third kappa shape index (κ3) is 7.47. The Morgan fingerprint density at radius 1 is 1.07 bits per heavy atom. The number of nitrogens with one attached hydrogen (secondary N) is 1. The summed E-state index contributed by atoms with van der Waals surface area (Å²) in [5.74, 6) is 0.154. The lowest BCUT2D eigenvalue weighted by atomic mass is 9.97. The van der Waals surface area contributed by atoms with Gasteiger partial charge >= 0.3 is 18.2 Å². The number of carbonyl (C=O) groups excluding carboxylic acids is 2. The normalized spacial score (nSPS) is 16.6. The van der Waals surface area contributed by atoms with E-state index < -0.39 is 30.3 Å². The number of hydrogen-bond donors (Lipinski definition) is 1. The predicted octanol–water partition coefficient (Wildman–Crippen LogP) is 6.38. The predicted molar refractivity (Wildman–Crippen MR) is 162 cm³/mol. The zero-order valence-electron chi connectivity index (χ0n) is 26.3. The number of alkyl halides is 3. The number of aromatic nitrogens is 1. The van der Waals surface area contributed by atoms with Crippen molar-refractivity contribution in [1.82, 2.24) is 14.4 Å². The molecule has 240 valence electrons. The number of esters is 1. The van der Waals surface area contributed by atoms with Gasteiger partial charge in [0, 0.05) is 68.6 Å². The molecule has 1 aromatic heterocycles. The number of ether oxygens (including phenoxy) is 3. The van der Waals surface area contributed by atoms with Crippen LogP contribution in [0.25, 0.3) is 10.9 Å². The van der Waals surface area contributed by atoms with Gasteiger partial charge in [-0.15, -0.1) is 0 Å². The van der Waals surface area contributed by atoms with E-state index in [0.29, 0.717) is 48.7 Å². The highest BCUT2D eigenvalue weighted by molar-refractivity contribution is 5.96. The molecule has 0 bridgehead atoms. The summed E-state index contributed by atoms with van der Waals surface area (Å²) >= 11 is 0. The summed E-state index contributed by atoms with van der Waals surface area (Å²) in [7, 11) is 4.60. The maximum atomic E-state index is 13.1. The first kappa shape index (κ1) is 33.1. The molecule has 1 fully saturated rings. The number of carbonyl (C=O) groups is 2. The quantitative estimate of drug-likeness (QED) is 0.291. The Morgan fingerprint density at radius 2 is 1.80 bits per heavy atom.